The molecule has 4 aliphatic heterocycles. The molecule has 30 heavy (non-hydrogen) atoms. The maximum Gasteiger partial charge on any atom is 0.227 e. The average Bonchev–Trinajstić information content (AvgIpc) is 3.20. The van der Waals surface area contributed by atoms with Crippen LogP contribution in [0.5, 0.6) is 0 Å². The summed E-state index contributed by atoms with van der Waals surface area (Å²) in [6.07, 6.45) is 4.35. The molecule has 2 bridgehead atoms. The zero-order valence-corrected chi connectivity index (χ0v) is 17.3. The zero-order chi connectivity index (χ0) is 20.6. The number of hydrogen-bond acceptors (Lipinski definition) is 3. The molecule has 1 amide bonds. The Bertz CT molecular complexity index is 999. The molecule has 2 aromatic rings. The van der Waals surface area contributed by atoms with Crippen molar-refractivity contribution < 1.29 is 9.90 Å². The van der Waals surface area contributed by atoms with Gasteiger partial charge in [0, 0.05) is 36.7 Å². The maximum absolute atomic E-state index is 12.2. The Morgan fingerprint density at radius 2 is 1.87 bits per heavy atom. The molecule has 0 spiro atoms. The van der Waals surface area contributed by atoms with Gasteiger partial charge in [0.05, 0.1) is 0 Å². The molecular formula is C26H28N2O2. The first-order valence-corrected chi connectivity index (χ1v) is 11.1. The van der Waals surface area contributed by atoms with E-state index in [-0.39, 0.29) is 11.8 Å². The minimum Gasteiger partial charge on any atom is -0.376 e. The van der Waals surface area contributed by atoms with Crippen molar-refractivity contribution >= 4 is 11.6 Å². The molecule has 4 saturated heterocycles. The highest BCUT2D eigenvalue weighted by Crippen LogP contribution is 2.35. The van der Waals surface area contributed by atoms with Crippen LogP contribution in [0.4, 0.5) is 5.69 Å². The van der Waals surface area contributed by atoms with Gasteiger partial charge in [-0.1, -0.05) is 42.2 Å². The van der Waals surface area contributed by atoms with E-state index in [9.17, 15) is 9.90 Å². The minimum absolute atomic E-state index is 0.195. The Morgan fingerprint density at radius 1 is 1.07 bits per heavy atom. The van der Waals surface area contributed by atoms with Gasteiger partial charge < -0.3 is 10.0 Å². The van der Waals surface area contributed by atoms with Crippen LogP contribution < -0.4 is 4.90 Å². The molecule has 2 aromatic carbocycles. The average molecular weight is 401 g/mol. The third kappa shape index (κ3) is 3.76. The van der Waals surface area contributed by atoms with Gasteiger partial charge in [0.15, 0.2) is 0 Å². The van der Waals surface area contributed by atoms with Gasteiger partial charge in [-0.05, 0) is 68.1 Å². The van der Waals surface area contributed by atoms with Gasteiger partial charge in [-0.2, -0.15) is 0 Å². The summed E-state index contributed by atoms with van der Waals surface area (Å²) in [4.78, 5) is 16.4. The molecule has 0 aromatic heterocycles. The number of aliphatic hydroxyl groups is 1. The summed E-state index contributed by atoms with van der Waals surface area (Å²) in [6.45, 7) is 3.59. The van der Waals surface area contributed by atoms with Crippen LogP contribution in [0.25, 0.3) is 0 Å². The lowest BCUT2D eigenvalue weighted by Gasteiger charge is -2.47. The number of benzene rings is 2. The molecule has 0 saturated carbocycles. The fourth-order valence-corrected chi connectivity index (χ4v) is 5.11. The predicted molar refractivity (Wildman–Crippen MR) is 118 cm³/mol. The van der Waals surface area contributed by atoms with E-state index in [2.05, 4.69) is 34.9 Å². The number of carbonyl (C=O) groups excluding carboxylic acids is 1. The SMILES string of the molecule is O=C1CCCN1c1ccc(C#CC2(O)CN3CCC2CC3)c(Cc2ccccc2)c1. The standard InChI is InChI=1S/C26H28N2O2/c29-25-7-4-14-28(25)24-9-8-21(22(18-24)17-20-5-2-1-3-6-20)10-13-26(30)19-27-15-11-23(26)12-16-27/h1-3,5-6,8-9,18,23,30H,4,7,11-12,14-17,19H2. The highest BCUT2D eigenvalue weighted by Gasteiger charge is 2.44. The van der Waals surface area contributed by atoms with Gasteiger partial charge in [-0.25, -0.2) is 0 Å². The van der Waals surface area contributed by atoms with Crippen molar-refractivity contribution in [3.05, 3.63) is 65.2 Å². The molecule has 4 heterocycles. The molecule has 6 rings (SSSR count). The molecule has 4 nitrogen and oxygen atoms in total. The van der Waals surface area contributed by atoms with Crippen molar-refractivity contribution in [2.75, 3.05) is 31.1 Å². The highest BCUT2D eigenvalue weighted by molar-refractivity contribution is 5.95. The van der Waals surface area contributed by atoms with Crippen molar-refractivity contribution in [2.24, 2.45) is 5.92 Å². The van der Waals surface area contributed by atoms with Crippen LogP contribution in [-0.2, 0) is 11.2 Å². The van der Waals surface area contributed by atoms with Crippen LogP contribution in [-0.4, -0.2) is 47.7 Å². The Labute approximate surface area is 178 Å². The number of hydrogen-bond donors (Lipinski definition) is 1. The fourth-order valence-electron chi connectivity index (χ4n) is 5.11. The van der Waals surface area contributed by atoms with Gasteiger partial charge in [-0.3, -0.25) is 9.69 Å². The van der Waals surface area contributed by atoms with E-state index in [0.717, 1.165) is 62.1 Å². The Morgan fingerprint density at radius 3 is 2.53 bits per heavy atom. The summed E-state index contributed by atoms with van der Waals surface area (Å²) in [6, 6.07) is 16.5. The van der Waals surface area contributed by atoms with E-state index < -0.39 is 5.60 Å². The number of piperidine rings is 3. The van der Waals surface area contributed by atoms with E-state index in [4.69, 9.17) is 0 Å². The highest BCUT2D eigenvalue weighted by atomic mass is 16.3. The van der Waals surface area contributed by atoms with E-state index in [1.165, 1.54) is 5.56 Å². The number of anilines is 1. The summed E-state index contributed by atoms with van der Waals surface area (Å²) in [5, 5.41) is 11.2. The number of rotatable bonds is 3. The van der Waals surface area contributed by atoms with Crippen LogP contribution in [0.2, 0.25) is 0 Å². The van der Waals surface area contributed by atoms with Gasteiger partial charge in [0.1, 0.15) is 5.60 Å². The van der Waals surface area contributed by atoms with Crippen LogP contribution in [0, 0.1) is 17.8 Å². The molecule has 1 unspecified atom stereocenters. The monoisotopic (exact) mass is 400 g/mol. The summed E-state index contributed by atoms with van der Waals surface area (Å²) < 4.78 is 0. The summed E-state index contributed by atoms with van der Waals surface area (Å²) in [5.74, 6) is 7.05. The van der Waals surface area contributed by atoms with E-state index in [1.54, 1.807) is 0 Å². The van der Waals surface area contributed by atoms with Crippen LogP contribution in [0.1, 0.15) is 42.4 Å². The summed E-state index contributed by atoms with van der Waals surface area (Å²) >= 11 is 0. The lowest BCUT2D eigenvalue weighted by molar-refractivity contribution is -0.117. The third-order valence-electron chi connectivity index (χ3n) is 6.85. The molecule has 4 fully saturated rings. The summed E-state index contributed by atoms with van der Waals surface area (Å²) in [5.41, 5.74) is 3.31. The second-order valence-electron chi connectivity index (χ2n) is 8.88. The van der Waals surface area contributed by atoms with Crippen molar-refractivity contribution in [3.8, 4) is 11.8 Å². The zero-order valence-electron chi connectivity index (χ0n) is 17.3. The van der Waals surface area contributed by atoms with Crippen molar-refractivity contribution in [2.45, 2.75) is 37.7 Å². The fraction of sp³-hybridized carbons (Fsp3) is 0.423. The number of amides is 1. The van der Waals surface area contributed by atoms with Crippen molar-refractivity contribution in [3.63, 3.8) is 0 Å². The lowest BCUT2D eigenvalue weighted by Crippen LogP contribution is -2.58. The van der Waals surface area contributed by atoms with Gasteiger partial charge in [-0.15, -0.1) is 0 Å². The molecule has 0 aliphatic carbocycles. The molecule has 4 heteroatoms. The first-order chi connectivity index (χ1) is 14.6. The smallest absolute Gasteiger partial charge is 0.227 e. The number of carbonyl (C=O) groups is 1. The van der Waals surface area contributed by atoms with E-state index >= 15 is 0 Å². The predicted octanol–water partition coefficient (Wildman–Crippen LogP) is 3.21. The molecule has 154 valence electrons. The molecular weight excluding hydrogens is 372 g/mol. The maximum atomic E-state index is 12.2. The van der Waals surface area contributed by atoms with Gasteiger partial charge in [0.25, 0.3) is 0 Å². The largest absolute Gasteiger partial charge is 0.376 e. The Hall–Kier alpha value is -2.61. The molecule has 0 radical (unpaired) electrons. The normalized spacial score (nSPS) is 27.8. The van der Waals surface area contributed by atoms with Crippen molar-refractivity contribution in [1.29, 1.82) is 0 Å². The van der Waals surface area contributed by atoms with Crippen molar-refractivity contribution in [1.82, 2.24) is 4.90 Å². The number of fused-ring (bicyclic) bond motifs is 3. The van der Waals surface area contributed by atoms with Crippen LogP contribution in [0.3, 0.4) is 0 Å². The van der Waals surface area contributed by atoms with Crippen LogP contribution in [0.15, 0.2) is 48.5 Å². The Kier molecular flexibility index (Phi) is 5.10. The first-order valence-electron chi connectivity index (χ1n) is 11.1. The minimum atomic E-state index is -0.913. The lowest BCUT2D eigenvalue weighted by atomic mass is 9.75. The summed E-state index contributed by atoms with van der Waals surface area (Å²) in [7, 11) is 0. The van der Waals surface area contributed by atoms with Gasteiger partial charge in [0.2, 0.25) is 5.91 Å². The van der Waals surface area contributed by atoms with E-state index in [1.807, 2.05) is 35.2 Å². The quantitative estimate of drug-likeness (QED) is 0.805. The topological polar surface area (TPSA) is 43.8 Å². The van der Waals surface area contributed by atoms with E-state index in [0.29, 0.717) is 13.0 Å². The second kappa shape index (κ2) is 7.91. The Balaban J connectivity index is 1.49. The van der Waals surface area contributed by atoms with Crippen LogP contribution >= 0.6 is 0 Å². The second-order valence-corrected chi connectivity index (χ2v) is 8.88. The number of nitrogens with zero attached hydrogens (tertiary/aromatic N) is 2. The molecule has 1 N–H and O–H groups in total. The van der Waals surface area contributed by atoms with Gasteiger partial charge >= 0.3 is 0 Å². The first kappa shape index (κ1) is 19.4. The third-order valence-corrected chi connectivity index (χ3v) is 6.85. The molecule has 1 atom stereocenters. The molecule has 4 aliphatic rings.